The first-order valence-corrected chi connectivity index (χ1v) is 7.28. The maximum atomic E-state index is 11.7. The molecule has 0 spiro atoms. The largest absolute Gasteiger partial charge is 0.467 e. The third kappa shape index (κ3) is 3.91. The van der Waals surface area contributed by atoms with E-state index in [0.29, 0.717) is 0 Å². The molecule has 0 saturated carbocycles. The predicted molar refractivity (Wildman–Crippen MR) is 77.3 cm³/mol. The van der Waals surface area contributed by atoms with E-state index >= 15 is 0 Å². The van der Waals surface area contributed by atoms with Crippen LogP contribution in [0.4, 0.5) is 0 Å². The van der Waals surface area contributed by atoms with Gasteiger partial charge in [0.1, 0.15) is 0 Å². The maximum absolute atomic E-state index is 11.7. The summed E-state index contributed by atoms with van der Waals surface area (Å²) in [7, 11) is 1.29. The molecule has 1 saturated heterocycles. The van der Waals surface area contributed by atoms with Gasteiger partial charge in [-0.1, -0.05) is 55.6 Å². The van der Waals surface area contributed by atoms with Gasteiger partial charge in [-0.25, -0.2) is 4.79 Å². The molecule has 0 aromatic heterocycles. The minimum absolute atomic E-state index is 0.0424. The van der Waals surface area contributed by atoms with Crippen molar-refractivity contribution in [3.05, 3.63) is 0 Å². The van der Waals surface area contributed by atoms with E-state index in [1.807, 2.05) is 20.8 Å². The van der Waals surface area contributed by atoms with E-state index in [0.717, 1.165) is 0 Å². The van der Waals surface area contributed by atoms with Gasteiger partial charge in [0, 0.05) is 5.92 Å². The van der Waals surface area contributed by atoms with Crippen molar-refractivity contribution in [2.24, 2.45) is 17.8 Å². The quantitative estimate of drug-likeness (QED) is 0.361. The molecule has 5 nitrogen and oxygen atoms in total. The van der Waals surface area contributed by atoms with Crippen LogP contribution in [-0.2, 0) is 19.0 Å². The van der Waals surface area contributed by atoms with E-state index in [2.05, 4.69) is 0 Å². The number of alkyl halides is 3. The number of methoxy groups -OCH3 is 1. The molecule has 20 heavy (non-hydrogen) atoms. The van der Waals surface area contributed by atoms with E-state index in [1.54, 1.807) is 0 Å². The lowest BCUT2D eigenvalue weighted by Gasteiger charge is -2.42. The van der Waals surface area contributed by atoms with Crippen molar-refractivity contribution >= 4 is 46.7 Å². The number of rotatable bonds is 2. The number of hydrogen-bond acceptors (Lipinski definition) is 5. The number of hydrogen-bond donors (Lipinski definition) is 1. The minimum Gasteiger partial charge on any atom is -0.467 e. The van der Waals surface area contributed by atoms with Crippen LogP contribution in [0.5, 0.6) is 0 Å². The summed E-state index contributed by atoms with van der Waals surface area (Å²) in [6.07, 6.45) is -1.60. The van der Waals surface area contributed by atoms with Gasteiger partial charge in [-0.3, -0.25) is 5.41 Å². The highest BCUT2D eigenvalue weighted by Crippen LogP contribution is 2.37. The highest BCUT2D eigenvalue weighted by atomic mass is 35.6. The van der Waals surface area contributed by atoms with Gasteiger partial charge in [-0.05, 0) is 11.8 Å². The average molecular weight is 347 g/mol. The first kappa shape index (κ1) is 17.8. The van der Waals surface area contributed by atoms with Crippen LogP contribution in [0, 0.1) is 23.2 Å². The summed E-state index contributed by atoms with van der Waals surface area (Å²) in [5.74, 6) is -1.02. The van der Waals surface area contributed by atoms with Gasteiger partial charge in [-0.2, -0.15) is 0 Å². The zero-order valence-electron chi connectivity index (χ0n) is 11.7. The minimum atomic E-state index is -1.96. The van der Waals surface area contributed by atoms with Crippen LogP contribution in [0.25, 0.3) is 0 Å². The van der Waals surface area contributed by atoms with Crippen molar-refractivity contribution in [2.75, 3.05) is 7.11 Å². The lowest BCUT2D eigenvalue weighted by Crippen LogP contribution is -2.50. The zero-order chi connectivity index (χ0) is 15.7. The first-order chi connectivity index (χ1) is 9.09. The summed E-state index contributed by atoms with van der Waals surface area (Å²) in [4.78, 5) is 11.7. The fourth-order valence-electron chi connectivity index (χ4n) is 2.10. The Labute approximate surface area is 133 Å². The number of nitrogens with one attached hydrogen (secondary N) is 1. The Hall–Kier alpha value is -0.230. The summed E-state index contributed by atoms with van der Waals surface area (Å²) in [5.41, 5.74) is 0. The number of halogens is 3. The molecule has 0 aromatic rings. The monoisotopic (exact) mass is 345 g/mol. The molecule has 1 fully saturated rings. The van der Waals surface area contributed by atoms with Crippen molar-refractivity contribution in [1.82, 2.24) is 0 Å². The van der Waals surface area contributed by atoms with Gasteiger partial charge in [-0.15, -0.1) is 0 Å². The molecule has 1 aliphatic rings. The molecular weight excluding hydrogens is 328 g/mol. The van der Waals surface area contributed by atoms with Crippen molar-refractivity contribution in [1.29, 1.82) is 5.41 Å². The van der Waals surface area contributed by atoms with Crippen LogP contribution in [-0.4, -0.2) is 35.2 Å². The van der Waals surface area contributed by atoms with Gasteiger partial charge in [0.2, 0.25) is 12.2 Å². The number of carbonyl (C=O) groups excluding carboxylic acids is 1. The normalized spacial score (nSPS) is 34.5. The molecule has 0 radical (unpaired) electrons. The molecule has 0 amide bonds. The molecule has 1 aliphatic heterocycles. The van der Waals surface area contributed by atoms with Gasteiger partial charge >= 0.3 is 5.97 Å². The highest BCUT2D eigenvalue weighted by Gasteiger charge is 2.45. The van der Waals surface area contributed by atoms with Gasteiger partial charge in [0.05, 0.1) is 7.11 Å². The second kappa shape index (κ2) is 6.69. The molecule has 1 rings (SSSR count). The Kier molecular flexibility index (Phi) is 5.96. The fourth-order valence-corrected chi connectivity index (χ4v) is 2.23. The second-order valence-corrected chi connectivity index (χ2v) is 7.25. The molecule has 8 heteroatoms. The van der Waals surface area contributed by atoms with Crippen LogP contribution in [0.1, 0.15) is 20.8 Å². The van der Waals surface area contributed by atoms with Crippen molar-refractivity contribution in [3.63, 3.8) is 0 Å². The molecular formula is C12H18Cl3NO4. The summed E-state index contributed by atoms with van der Waals surface area (Å²) in [5, 5.41) is 7.59. The van der Waals surface area contributed by atoms with Crippen LogP contribution < -0.4 is 0 Å². The average Bonchev–Trinajstić information content (AvgIpc) is 2.37. The molecule has 116 valence electrons. The second-order valence-electron chi connectivity index (χ2n) is 4.97. The van der Waals surface area contributed by atoms with Gasteiger partial charge in [0.15, 0.2) is 6.10 Å². The van der Waals surface area contributed by atoms with Crippen LogP contribution in [0.3, 0.4) is 0 Å². The lowest BCUT2D eigenvalue weighted by atomic mass is 9.79. The molecule has 5 atom stereocenters. The zero-order valence-corrected chi connectivity index (χ0v) is 13.9. The van der Waals surface area contributed by atoms with E-state index < -0.39 is 28.1 Å². The number of ether oxygens (including phenoxy) is 3. The van der Waals surface area contributed by atoms with Crippen molar-refractivity contribution in [2.45, 2.75) is 37.0 Å². The third-order valence-corrected chi connectivity index (χ3v) is 4.29. The highest BCUT2D eigenvalue weighted by molar-refractivity contribution is 6.76. The Morgan fingerprint density at radius 2 is 1.70 bits per heavy atom. The number of carbonyl (C=O) groups is 1. The molecule has 0 aromatic carbocycles. The molecule has 1 N–H and O–H groups in total. The van der Waals surface area contributed by atoms with E-state index in [9.17, 15) is 4.79 Å². The van der Waals surface area contributed by atoms with Crippen LogP contribution >= 0.6 is 34.8 Å². The maximum Gasteiger partial charge on any atom is 0.335 e. The van der Waals surface area contributed by atoms with Crippen molar-refractivity contribution in [3.8, 4) is 0 Å². The summed E-state index contributed by atoms with van der Waals surface area (Å²) in [6.45, 7) is 5.77. The smallest absolute Gasteiger partial charge is 0.335 e. The van der Waals surface area contributed by atoms with Crippen molar-refractivity contribution < 1.29 is 19.0 Å². The molecule has 0 bridgehead atoms. The molecule has 1 heterocycles. The Bertz CT molecular complexity index is 385. The van der Waals surface area contributed by atoms with E-state index in [4.69, 9.17) is 54.4 Å². The molecule has 2 unspecified atom stereocenters. The topological polar surface area (TPSA) is 68.6 Å². The van der Waals surface area contributed by atoms with E-state index in [-0.39, 0.29) is 17.8 Å². The summed E-state index contributed by atoms with van der Waals surface area (Å²) in [6, 6.07) is 0. The lowest BCUT2D eigenvalue weighted by molar-refractivity contribution is -0.226. The SMILES string of the molecule is COC(=O)C1O[C@H](OC(=N)C(Cl)(Cl)Cl)C(C)[C@@H](C)[C@@H]1C. The first-order valence-electron chi connectivity index (χ1n) is 6.15. The third-order valence-electron chi connectivity index (χ3n) is 3.77. The fraction of sp³-hybridized carbons (Fsp3) is 0.833. The predicted octanol–water partition coefficient (Wildman–Crippen LogP) is 3.16. The summed E-state index contributed by atoms with van der Waals surface area (Å²) >= 11 is 16.7. The Morgan fingerprint density at radius 1 is 1.15 bits per heavy atom. The van der Waals surface area contributed by atoms with E-state index in [1.165, 1.54) is 7.11 Å². The Morgan fingerprint density at radius 3 is 2.15 bits per heavy atom. The van der Waals surface area contributed by atoms with Gasteiger partial charge in [0.25, 0.3) is 3.79 Å². The molecule has 0 aliphatic carbocycles. The van der Waals surface area contributed by atoms with Gasteiger partial charge < -0.3 is 14.2 Å². The Balaban J connectivity index is 2.86. The van der Waals surface area contributed by atoms with Crippen LogP contribution in [0.2, 0.25) is 0 Å². The standard InChI is InChI=1S/C12H18Cl3NO4/c1-5-6(2)8(9(17)18-4)19-10(7(5)3)20-11(16)12(13,14)15/h5-8,10,16H,1-4H3/t5-,6-,7?,8?,10+/m0/s1. The number of esters is 1. The van der Waals surface area contributed by atoms with Crippen LogP contribution in [0.15, 0.2) is 0 Å². The summed E-state index contributed by atoms with van der Waals surface area (Å²) < 4.78 is 13.6.